The summed E-state index contributed by atoms with van der Waals surface area (Å²) in [6.07, 6.45) is 7.97. The first-order valence-electron chi connectivity index (χ1n) is 8.83. The van der Waals surface area contributed by atoms with Crippen LogP contribution in [0, 0.1) is 0 Å². The summed E-state index contributed by atoms with van der Waals surface area (Å²) in [5.41, 5.74) is 1.45. The molecular formula is C19H32N2. The van der Waals surface area contributed by atoms with E-state index < -0.39 is 0 Å². The summed E-state index contributed by atoms with van der Waals surface area (Å²) in [4.78, 5) is 2.63. The van der Waals surface area contributed by atoms with Crippen molar-refractivity contribution in [3.63, 3.8) is 0 Å². The minimum Gasteiger partial charge on any atom is -0.308 e. The van der Waals surface area contributed by atoms with Gasteiger partial charge in [-0.25, -0.2) is 0 Å². The van der Waals surface area contributed by atoms with Crippen molar-refractivity contribution in [3.8, 4) is 0 Å². The molecule has 1 N–H and O–H groups in total. The number of likely N-dealkylation sites (tertiary alicyclic amines) is 1. The molecule has 0 bridgehead atoms. The van der Waals surface area contributed by atoms with Crippen LogP contribution in [0.15, 0.2) is 30.3 Å². The van der Waals surface area contributed by atoms with E-state index in [4.69, 9.17) is 0 Å². The number of unbranched alkanes of at least 4 members (excludes halogenated alkanes) is 2. The number of hydrogen-bond donors (Lipinski definition) is 1. The number of hydrogen-bond acceptors (Lipinski definition) is 2. The van der Waals surface area contributed by atoms with Crippen molar-refractivity contribution < 1.29 is 0 Å². The first-order valence-corrected chi connectivity index (χ1v) is 8.83. The van der Waals surface area contributed by atoms with Gasteiger partial charge in [0, 0.05) is 18.6 Å². The first kappa shape index (κ1) is 16.5. The SMILES string of the molecule is CCCCCC(NCC(C)N1CCCC1)c1ccccc1. The van der Waals surface area contributed by atoms with Crippen molar-refractivity contribution in [2.45, 2.75) is 64.5 Å². The summed E-state index contributed by atoms with van der Waals surface area (Å²) < 4.78 is 0. The zero-order valence-corrected chi connectivity index (χ0v) is 13.9. The van der Waals surface area contributed by atoms with Gasteiger partial charge in [0.1, 0.15) is 0 Å². The number of benzene rings is 1. The average molecular weight is 288 g/mol. The Bertz CT molecular complexity index is 370. The van der Waals surface area contributed by atoms with Crippen LogP contribution in [0.5, 0.6) is 0 Å². The maximum atomic E-state index is 3.83. The van der Waals surface area contributed by atoms with Crippen molar-refractivity contribution in [2.75, 3.05) is 19.6 Å². The van der Waals surface area contributed by atoms with Crippen LogP contribution in [-0.4, -0.2) is 30.6 Å². The van der Waals surface area contributed by atoms with Gasteiger partial charge in [0.25, 0.3) is 0 Å². The van der Waals surface area contributed by atoms with Crippen LogP contribution in [0.1, 0.15) is 64.0 Å². The lowest BCUT2D eigenvalue weighted by Crippen LogP contribution is -2.39. The van der Waals surface area contributed by atoms with Crippen LogP contribution in [-0.2, 0) is 0 Å². The highest BCUT2D eigenvalue weighted by Crippen LogP contribution is 2.20. The first-order chi connectivity index (χ1) is 10.3. The molecule has 2 nitrogen and oxygen atoms in total. The molecule has 0 aliphatic carbocycles. The summed E-state index contributed by atoms with van der Waals surface area (Å²) in [7, 11) is 0. The predicted molar refractivity (Wildman–Crippen MR) is 91.6 cm³/mol. The molecule has 1 fully saturated rings. The highest BCUT2D eigenvalue weighted by atomic mass is 15.2. The quantitative estimate of drug-likeness (QED) is 0.678. The Kier molecular flexibility index (Phi) is 7.25. The van der Waals surface area contributed by atoms with Gasteiger partial charge in [-0.15, -0.1) is 0 Å². The standard InChI is InChI=1S/C19H32N2/c1-3-4-6-13-19(18-11-7-5-8-12-18)20-16-17(2)21-14-9-10-15-21/h5,7-8,11-12,17,19-20H,3-4,6,9-10,13-16H2,1-2H3. The van der Waals surface area contributed by atoms with E-state index in [0.717, 1.165) is 6.54 Å². The van der Waals surface area contributed by atoms with E-state index in [-0.39, 0.29) is 0 Å². The van der Waals surface area contributed by atoms with Crippen molar-refractivity contribution in [1.29, 1.82) is 0 Å². The summed E-state index contributed by atoms with van der Waals surface area (Å²) in [5.74, 6) is 0. The average Bonchev–Trinajstić information content (AvgIpc) is 3.06. The van der Waals surface area contributed by atoms with Crippen LogP contribution in [0.4, 0.5) is 0 Å². The molecule has 1 aromatic carbocycles. The second-order valence-electron chi connectivity index (χ2n) is 6.46. The van der Waals surface area contributed by atoms with E-state index in [2.05, 4.69) is 54.4 Å². The van der Waals surface area contributed by atoms with E-state index in [1.807, 2.05) is 0 Å². The second kappa shape index (κ2) is 9.22. The van der Waals surface area contributed by atoms with E-state index >= 15 is 0 Å². The Balaban J connectivity index is 1.85. The molecule has 0 amide bonds. The van der Waals surface area contributed by atoms with Crippen LogP contribution < -0.4 is 5.32 Å². The van der Waals surface area contributed by atoms with Gasteiger partial charge in [0.15, 0.2) is 0 Å². The summed E-state index contributed by atoms with van der Waals surface area (Å²) >= 11 is 0. The summed E-state index contributed by atoms with van der Waals surface area (Å²) in [6, 6.07) is 12.1. The van der Waals surface area contributed by atoms with Crippen LogP contribution >= 0.6 is 0 Å². The van der Waals surface area contributed by atoms with Crippen molar-refractivity contribution >= 4 is 0 Å². The molecule has 1 saturated heterocycles. The lowest BCUT2D eigenvalue weighted by Gasteiger charge is -2.27. The molecule has 1 aliphatic rings. The van der Waals surface area contributed by atoms with E-state index in [9.17, 15) is 0 Å². The van der Waals surface area contributed by atoms with Crippen LogP contribution in [0.25, 0.3) is 0 Å². The Morgan fingerprint density at radius 3 is 2.48 bits per heavy atom. The Hall–Kier alpha value is -0.860. The molecule has 0 radical (unpaired) electrons. The fourth-order valence-electron chi connectivity index (χ4n) is 3.29. The van der Waals surface area contributed by atoms with Gasteiger partial charge in [-0.3, -0.25) is 4.90 Å². The van der Waals surface area contributed by atoms with Gasteiger partial charge < -0.3 is 5.32 Å². The predicted octanol–water partition coefficient (Wildman–Crippen LogP) is 4.38. The molecule has 0 spiro atoms. The summed E-state index contributed by atoms with van der Waals surface area (Å²) in [6.45, 7) is 8.32. The highest BCUT2D eigenvalue weighted by molar-refractivity contribution is 5.18. The van der Waals surface area contributed by atoms with Gasteiger partial charge in [-0.2, -0.15) is 0 Å². The molecule has 2 heteroatoms. The van der Waals surface area contributed by atoms with Gasteiger partial charge in [-0.05, 0) is 44.8 Å². The molecule has 1 aliphatic heterocycles. The lowest BCUT2D eigenvalue weighted by molar-refractivity contribution is 0.244. The minimum absolute atomic E-state index is 0.516. The Morgan fingerprint density at radius 1 is 1.10 bits per heavy atom. The molecule has 2 unspecified atom stereocenters. The van der Waals surface area contributed by atoms with Crippen molar-refractivity contribution in [3.05, 3.63) is 35.9 Å². The van der Waals surface area contributed by atoms with Gasteiger partial charge in [0.05, 0.1) is 0 Å². The molecular weight excluding hydrogens is 256 g/mol. The Morgan fingerprint density at radius 2 is 1.81 bits per heavy atom. The van der Waals surface area contributed by atoms with Crippen molar-refractivity contribution in [1.82, 2.24) is 10.2 Å². The number of nitrogens with one attached hydrogen (secondary N) is 1. The third-order valence-electron chi connectivity index (χ3n) is 4.72. The van der Waals surface area contributed by atoms with E-state index in [0.29, 0.717) is 12.1 Å². The fraction of sp³-hybridized carbons (Fsp3) is 0.684. The topological polar surface area (TPSA) is 15.3 Å². The zero-order valence-electron chi connectivity index (χ0n) is 13.9. The van der Waals surface area contributed by atoms with E-state index in [1.165, 1.54) is 57.2 Å². The summed E-state index contributed by atoms with van der Waals surface area (Å²) in [5, 5.41) is 3.83. The number of rotatable bonds is 9. The molecule has 2 atom stereocenters. The molecule has 2 rings (SSSR count). The van der Waals surface area contributed by atoms with Gasteiger partial charge in [-0.1, -0.05) is 56.5 Å². The zero-order chi connectivity index (χ0) is 14.9. The van der Waals surface area contributed by atoms with Crippen LogP contribution in [0.3, 0.4) is 0 Å². The molecule has 0 saturated carbocycles. The van der Waals surface area contributed by atoms with Crippen molar-refractivity contribution in [2.24, 2.45) is 0 Å². The second-order valence-corrected chi connectivity index (χ2v) is 6.46. The molecule has 0 aromatic heterocycles. The molecule has 21 heavy (non-hydrogen) atoms. The third kappa shape index (κ3) is 5.44. The van der Waals surface area contributed by atoms with E-state index in [1.54, 1.807) is 0 Å². The molecule has 118 valence electrons. The number of nitrogens with zero attached hydrogens (tertiary/aromatic N) is 1. The largest absolute Gasteiger partial charge is 0.308 e. The third-order valence-corrected chi connectivity index (χ3v) is 4.72. The maximum absolute atomic E-state index is 3.83. The molecule has 1 aromatic rings. The minimum atomic E-state index is 0.516. The molecule has 1 heterocycles. The van der Waals surface area contributed by atoms with Gasteiger partial charge >= 0.3 is 0 Å². The smallest absolute Gasteiger partial charge is 0.0320 e. The van der Waals surface area contributed by atoms with Gasteiger partial charge in [0.2, 0.25) is 0 Å². The fourth-order valence-corrected chi connectivity index (χ4v) is 3.29. The maximum Gasteiger partial charge on any atom is 0.0320 e. The normalized spacial score (nSPS) is 18.8. The van der Waals surface area contributed by atoms with Crippen LogP contribution in [0.2, 0.25) is 0 Å². The Labute approximate surface area is 130 Å². The lowest BCUT2D eigenvalue weighted by atomic mass is 10.00. The highest BCUT2D eigenvalue weighted by Gasteiger charge is 2.19. The monoisotopic (exact) mass is 288 g/mol.